The van der Waals surface area contributed by atoms with Crippen LogP contribution in [0, 0.1) is 0 Å². The highest BCUT2D eigenvalue weighted by atomic mass is 16.3. The topological polar surface area (TPSA) is 99.1 Å². The van der Waals surface area contributed by atoms with Crippen molar-refractivity contribution in [3.63, 3.8) is 0 Å². The number of amides is 1. The highest BCUT2D eigenvalue weighted by Gasteiger charge is 2.18. The van der Waals surface area contributed by atoms with Gasteiger partial charge in [0.25, 0.3) is 5.56 Å². The quantitative estimate of drug-likeness (QED) is 0.502. The molecular weight excluding hydrogens is 360 g/mol. The molecule has 0 fully saturated rings. The van der Waals surface area contributed by atoms with E-state index in [1.54, 1.807) is 42.7 Å². The van der Waals surface area contributed by atoms with E-state index in [-0.39, 0.29) is 24.6 Å². The molecule has 0 saturated heterocycles. The minimum Gasteiger partial charge on any atom is -0.467 e. The van der Waals surface area contributed by atoms with E-state index in [1.165, 1.54) is 21.8 Å². The van der Waals surface area contributed by atoms with E-state index in [0.29, 0.717) is 23.3 Å². The molecule has 0 aliphatic rings. The normalized spacial score (nSPS) is 11.0. The van der Waals surface area contributed by atoms with Gasteiger partial charge in [-0.25, -0.2) is 4.98 Å². The van der Waals surface area contributed by atoms with Crippen LogP contribution in [0.25, 0.3) is 11.0 Å². The van der Waals surface area contributed by atoms with Crippen molar-refractivity contribution in [2.75, 3.05) is 0 Å². The summed E-state index contributed by atoms with van der Waals surface area (Å²) >= 11 is 0. The molecule has 0 aromatic carbocycles. The summed E-state index contributed by atoms with van der Waals surface area (Å²) in [6.45, 7) is 0.514. The fraction of sp³-hybridized carbons (Fsp3) is 0.211. The highest BCUT2D eigenvalue weighted by molar-refractivity contribution is 5.77. The Balaban J connectivity index is 1.59. The number of rotatable bonds is 6. The molecule has 4 aromatic rings. The molecule has 4 rings (SSSR count). The maximum atomic E-state index is 13.0. The zero-order chi connectivity index (χ0) is 19.5. The van der Waals surface area contributed by atoms with E-state index in [2.05, 4.69) is 15.1 Å². The predicted molar refractivity (Wildman–Crippen MR) is 100.0 cm³/mol. The lowest BCUT2D eigenvalue weighted by Crippen LogP contribution is -2.35. The van der Waals surface area contributed by atoms with Crippen molar-refractivity contribution in [1.82, 2.24) is 29.2 Å². The Morgan fingerprint density at radius 3 is 2.86 bits per heavy atom. The van der Waals surface area contributed by atoms with Crippen LogP contribution in [0.15, 0.2) is 64.7 Å². The van der Waals surface area contributed by atoms with E-state index in [9.17, 15) is 9.59 Å². The van der Waals surface area contributed by atoms with Crippen molar-refractivity contribution in [3.05, 3.63) is 77.1 Å². The molecule has 1 amide bonds. The smallest absolute Gasteiger partial charge is 0.264 e. The summed E-state index contributed by atoms with van der Waals surface area (Å²) < 4.78 is 8.20. The molecule has 0 bridgehead atoms. The summed E-state index contributed by atoms with van der Waals surface area (Å²) in [6.07, 6.45) is 7.78. The first-order valence-electron chi connectivity index (χ1n) is 8.68. The van der Waals surface area contributed by atoms with Crippen LogP contribution in [0.5, 0.6) is 0 Å². The van der Waals surface area contributed by atoms with Gasteiger partial charge in [0, 0.05) is 26.0 Å². The summed E-state index contributed by atoms with van der Waals surface area (Å²) in [5.41, 5.74) is 1.07. The van der Waals surface area contributed by atoms with Gasteiger partial charge in [0.05, 0.1) is 19.0 Å². The van der Waals surface area contributed by atoms with Gasteiger partial charge in [0.15, 0.2) is 5.65 Å². The molecule has 0 atom stereocenters. The van der Waals surface area contributed by atoms with Crippen LogP contribution in [-0.2, 0) is 31.5 Å². The molecule has 0 aliphatic carbocycles. The lowest BCUT2D eigenvalue weighted by atomic mass is 10.2. The van der Waals surface area contributed by atoms with Crippen molar-refractivity contribution < 1.29 is 9.21 Å². The van der Waals surface area contributed by atoms with Gasteiger partial charge in [-0.3, -0.25) is 23.8 Å². The zero-order valence-electron chi connectivity index (χ0n) is 15.2. The molecule has 0 radical (unpaired) electrons. The third kappa shape index (κ3) is 3.54. The van der Waals surface area contributed by atoms with Gasteiger partial charge in [0.2, 0.25) is 5.91 Å². The second kappa shape index (κ2) is 7.47. The standard InChI is InChI=1S/C19H18N6O3/c1-23-18-16(9-22-23)19(27)25(13-21-18)12-17(26)24(11-15-5-3-7-28-15)10-14-4-2-6-20-8-14/h2-9,13H,10-12H2,1H3. The molecule has 4 aromatic heterocycles. The van der Waals surface area contributed by atoms with Crippen molar-refractivity contribution in [1.29, 1.82) is 0 Å². The first-order chi connectivity index (χ1) is 13.6. The second-order valence-electron chi connectivity index (χ2n) is 6.37. The molecule has 9 heteroatoms. The average Bonchev–Trinajstić information content (AvgIpc) is 3.34. The Morgan fingerprint density at radius 1 is 1.21 bits per heavy atom. The van der Waals surface area contributed by atoms with Gasteiger partial charge in [-0.1, -0.05) is 6.07 Å². The first-order valence-corrected chi connectivity index (χ1v) is 8.68. The molecule has 0 unspecified atom stereocenters. The molecule has 0 N–H and O–H groups in total. The first kappa shape index (κ1) is 17.7. The number of aromatic nitrogens is 5. The molecule has 28 heavy (non-hydrogen) atoms. The molecule has 0 spiro atoms. The number of furan rings is 1. The SMILES string of the molecule is Cn1ncc2c(=O)n(CC(=O)N(Cc3cccnc3)Cc3ccco3)cnc21. The number of hydrogen-bond acceptors (Lipinski definition) is 6. The monoisotopic (exact) mass is 378 g/mol. The summed E-state index contributed by atoms with van der Waals surface area (Å²) in [4.78, 5) is 35.6. The van der Waals surface area contributed by atoms with Gasteiger partial charge < -0.3 is 9.32 Å². The van der Waals surface area contributed by atoms with Crippen molar-refractivity contribution in [2.24, 2.45) is 7.05 Å². The molecule has 9 nitrogen and oxygen atoms in total. The number of aryl methyl sites for hydroxylation is 1. The van der Waals surface area contributed by atoms with E-state index in [0.717, 1.165) is 5.56 Å². The number of pyridine rings is 1. The number of nitrogens with zero attached hydrogens (tertiary/aromatic N) is 6. The molecule has 0 saturated carbocycles. The predicted octanol–water partition coefficient (Wildman–Crippen LogP) is 1.35. The fourth-order valence-electron chi connectivity index (χ4n) is 2.96. The Kier molecular flexibility index (Phi) is 4.71. The third-order valence-electron chi connectivity index (χ3n) is 4.40. The Labute approximate surface area is 159 Å². The van der Waals surface area contributed by atoms with E-state index in [4.69, 9.17) is 4.42 Å². The maximum Gasteiger partial charge on any atom is 0.264 e. The van der Waals surface area contributed by atoms with Gasteiger partial charge in [-0.15, -0.1) is 0 Å². The van der Waals surface area contributed by atoms with Crippen molar-refractivity contribution in [2.45, 2.75) is 19.6 Å². The van der Waals surface area contributed by atoms with Crippen LogP contribution in [0.1, 0.15) is 11.3 Å². The minimum absolute atomic E-state index is 0.127. The van der Waals surface area contributed by atoms with Crippen LogP contribution in [0.3, 0.4) is 0 Å². The Hall–Kier alpha value is -3.75. The van der Waals surface area contributed by atoms with E-state index >= 15 is 0 Å². The van der Waals surface area contributed by atoms with Gasteiger partial charge in [-0.2, -0.15) is 5.10 Å². The number of carbonyl (C=O) groups is 1. The average molecular weight is 378 g/mol. The molecule has 4 heterocycles. The summed E-state index contributed by atoms with van der Waals surface area (Å²) in [5, 5.41) is 4.42. The third-order valence-corrected chi connectivity index (χ3v) is 4.40. The highest BCUT2D eigenvalue weighted by Crippen LogP contribution is 2.11. The van der Waals surface area contributed by atoms with Crippen molar-refractivity contribution >= 4 is 16.9 Å². The zero-order valence-corrected chi connectivity index (χ0v) is 15.2. The minimum atomic E-state index is -0.300. The Bertz CT molecular complexity index is 1150. The van der Waals surface area contributed by atoms with E-state index in [1.807, 2.05) is 12.1 Å². The van der Waals surface area contributed by atoms with Crippen molar-refractivity contribution in [3.8, 4) is 0 Å². The van der Waals surface area contributed by atoms with E-state index < -0.39 is 0 Å². The number of fused-ring (bicyclic) bond motifs is 1. The lowest BCUT2D eigenvalue weighted by molar-refractivity contribution is -0.133. The molecular formula is C19H18N6O3. The van der Waals surface area contributed by atoms with Crippen LogP contribution in [0.2, 0.25) is 0 Å². The summed E-state index contributed by atoms with van der Waals surface area (Å²) in [5.74, 6) is 0.429. The largest absolute Gasteiger partial charge is 0.467 e. The van der Waals surface area contributed by atoms with Crippen LogP contribution in [-0.4, -0.2) is 35.1 Å². The van der Waals surface area contributed by atoms with Crippen LogP contribution < -0.4 is 5.56 Å². The van der Waals surface area contributed by atoms with Crippen LogP contribution >= 0.6 is 0 Å². The summed E-state index contributed by atoms with van der Waals surface area (Å²) in [7, 11) is 1.71. The number of hydrogen-bond donors (Lipinski definition) is 0. The van der Waals surface area contributed by atoms with Gasteiger partial charge >= 0.3 is 0 Å². The molecule has 0 aliphatic heterocycles. The van der Waals surface area contributed by atoms with Crippen LogP contribution in [0.4, 0.5) is 0 Å². The Morgan fingerprint density at radius 2 is 2.11 bits per heavy atom. The second-order valence-corrected chi connectivity index (χ2v) is 6.37. The maximum absolute atomic E-state index is 13.0. The lowest BCUT2D eigenvalue weighted by Gasteiger charge is -2.22. The molecule has 142 valence electrons. The van der Waals surface area contributed by atoms with Gasteiger partial charge in [0.1, 0.15) is 24.0 Å². The fourth-order valence-corrected chi connectivity index (χ4v) is 2.96. The number of carbonyl (C=O) groups excluding carboxylic acids is 1. The van der Waals surface area contributed by atoms with Gasteiger partial charge in [-0.05, 0) is 23.8 Å². The summed E-state index contributed by atoms with van der Waals surface area (Å²) in [6, 6.07) is 7.28.